The number of halogens is 2. The zero-order valence-electron chi connectivity index (χ0n) is 21.7. The molecule has 1 aromatic carbocycles. The van der Waals surface area contributed by atoms with Gasteiger partial charge in [0.1, 0.15) is 17.9 Å². The third-order valence-electron chi connectivity index (χ3n) is 6.61. The van der Waals surface area contributed by atoms with Crippen LogP contribution in [-0.4, -0.2) is 77.1 Å². The Bertz CT molecular complexity index is 1210. The minimum absolute atomic E-state index is 0.104. The molecule has 10 nitrogen and oxygen atoms in total. The van der Waals surface area contributed by atoms with Crippen molar-refractivity contribution in [1.29, 1.82) is 0 Å². The fraction of sp³-hybridized carbons (Fsp3) is 0.480. The van der Waals surface area contributed by atoms with Gasteiger partial charge in [-0.3, -0.25) is 0 Å². The van der Waals surface area contributed by atoms with Crippen molar-refractivity contribution in [2.75, 3.05) is 55.6 Å². The number of hydrogen-bond acceptors (Lipinski definition) is 10. The maximum absolute atomic E-state index is 14.1. The third-order valence-corrected chi connectivity index (χ3v) is 6.61. The lowest BCUT2D eigenvalue weighted by Crippen LogP contribution is -2.31. The number of anilines is 5. The standard InChI is InChI=1S/C25H34F2N8O2/c1-25(2,36)15-8-16(26)17(27)9-19(15)31-23-29-13-30-24(33-23)32-20-10-18(28)21(11-22(20)37-5)35-7-6-14(12-35)34(3)4/h8,10-11,13-14,17,36H,6-7,9,12,28H2,1-5H3,(H2,29,30,31,32,33)/t14-,17?/m1/s1. The predicted octanol–water partition coefficient (Wildman–Crippen LogP) is 3.38. The van der Waals surface area contributed by atoms with Crippen molar-refractivity contribution in [3.63, 3.8) is 0 Å². The van der Waals surface area contributed by atoms with E-state index in [0.717, 1.165) is 31.3 Å². The molecule has 1 aromatic heterocycles. The molecule has 12 heteroatoms. The van der Waals surface area contributed by atoms with Crippen molar-refractivity contribution in [3.05, 3.63) is 41.6 Å². The normalized spacial score (nSPS) is 20.4. The molecular formula is C25H34F2N8O2. The highest BCUT2D eigenvalue weighted by Crippen LogP contribution is 2.38. The fourth-order valence-electron chi connectivity index (χ4n) is 4.55. The number of hydrogen-bond donors (Lipinski definition) is 4. The summed E-state index contributed by atoms with van der Waals surface area (Å²) in [5, 5.41) is 16.5. The number of allylic oxidation sites excluding steroid dienone is 2. The number of nitrogens with two attached hydrogens (primary N) is 1. The molecule has 0 bridgehead atoms. The summed E-state index contributed by atoms with van der Waals surface area (Å²) >= 11 is 0. The van der Waals surface area contributed by atoms with Crippen LogP contribution in [0.1, 0.15) is 26.7 Å². The van der Waals surface area contributed by atoms with Crippen molar-refractivity contribution >= 4 is 29.0 Å². The van der Waals surface area contributed by atoms with Gasteiger partial charge >= 0.3 is 0 Å². The second kappa shape index (κ2) is 10.5. The van der Waals surface area contributed by atoms with Gasteiger partial charge in [0.25, 0.3) is 0 Å². The first-order valence-corrected chi connectivity index (χ1v) is 12.1. The molecule has 0 spiro atoms. The highest BCUT2D eigenvalue weighted by molar-refractivity contribution is 5.79. The van der Waals surface area contributed by atoms with Crippen molar-refractivity contribution in [3.8, 4) is 5.75 Å². The minimum Gasteiger partial charge on any atom is -0.494 e. The van der Waals surface area contributed by atoms with Gasteiger partial charge in [0.2, 0.25) is 11.9 Å². The number of benzene rings is 1. The Kier molecular flexibility index (Phi) is 7.51. The molecule has 1 aliphatic carbocycles. The highest BCUT2D eigenvalue weighted by Gasteiger charge is 2.31. The Morgan fingerprint density at radius 1 is 1.22 bits per heavy atom. The second-order valence-corrected chi connectivity index (χ2v) is 10.00. The Labute approximate surface area is 215 Å². The third kappa shape index (κ3) is 5.91. The van der Waals surface area contributed by atoms with Crippen molar-refractivity contribution in [1.82, 2.24) is 19.9 Å². The first kappa shape index (κ1) is 26.6. The molecule has 37 heavy (non-hydrogen) atoms. The van der Waals surface area contributed by atoms with Crippen molar-refractivity contribution in [2.24, 2.45) is 0 Å². The van der Waals surface area contributed by atoms with Crippen LogP contribution in [0.3, 0.4) is 0 Å². The van der Waals surface area contributed by atoms with Crippen LogP contribution < -0.4 is 26.0 Å². The van der Waals surface area contributed by atoms with E-state index in [1.54, 1.807) is 13.2 Å². The molecule has 1 saturated heterocycles. The summed E-state index contributed by atoms with van der Waals surface area (Å²) in [5.74, 6) is -0.0726. The quantitative estimate of drug-likeness (QED) is 0.388. The van der Waals surface area contributed by atoms with Crippen LogP contribution in [-0.2, 0) is 0 Å². The molecule has 2 heterocycles. The number of ether oxygens (including phenoxy) is 1. The number of aliphatic hydroxyl groups is 1. The largest absolute Gasteiger partial charge is 0.494 e. The van der Waals surface area contributed by atoms with E-state index in [0.29, 0.717) is 23.2 Å². The van der Waals surface area contributed by atoms with E-state index in [2.05, 4.69) is 49.5 Å². The van der Waals surface area contributed by atoms with Crippen molar-refractivity contribution in [2.45, 2.75) is 44.5 Å². The van der Waals surface area contributed by atoms with Crippen LogP contribution in [0.25, 0.3) is 0 Å². The maximum atomic E-state index is 14.1. The lowest BCUT2D eigenvalue weighted by Gasteiger charge is -2.27. The SMILES string of the molecule is COc1cc(N2CC[C@@H](N(C)C)C2)c(N)cc1Nc1ncnc(NC2=C(C(C)(C)O)C=C(F)C(F)C2)n1. The Balaban J connectivity index is 1.57. The number of aromatic nitrogens is 3. The summed E-state index contributed by atoms with van der Waals surface area (Å²) in [7, 11) is 5.72. The van der Waals surface area contributed by atoms with Gasteiger partial charge < -0.3 is 36.0 Å². The summed E-state index contributed by atoms with van der Waals surface area (Å²) in [5.41, 5.74) is 7.56. The minimum atomic E-state index is -1.82. The van der Waals surface area contributed by atoms with Gasteiger partial charge in [-0.05, 0) is 46.5 Å². The van der Waals surface area contributed by atoms with Crippen LogP contribution in [0.15, 0.2) is 41.6 Å². The Hall–Kier alpha value is -3.51. The zero-order valence-corrected chi connectivity index (χ0v) is 21.7. The molecule has 0 radical (unpaired) electrons. The average Bonchev–Trinajstić information content (AvgIpc) is 3.31. The number of rotatable bonds is 8. The summed E-state index contributed by atoms with van der Waals surface area (Å²) < 4.78 is 33.6. The molecule has 1 unspecified atom stereocenters. The molecule has 4 rings (SSSR count). The smallest absolute Gasteiger partial charge is 0.232 e. The molecular weight excluding hydrogens is 482 g/mol. The van der Waals surface area contributed by atoms with Gasteiger partial charge in [0.05, 0.1) is 29.8 Å². The first-order chi connectivity index (χ1) is 17.5. The van der Waals surface area contributed by atoms with Crippen LogP contribution in [0.4, 0.5) is 37.7 Å². The van der Waals surface area contributed by atoms with E-state index < -0.39 is 17.6 Å². The van der Waals surface area contributed by atoms with Crippen LogP contribution >= 0.6 is 0 Å². The summed E-state index contributed by atoms with van der Waals surface area (Å²) in [6.07, 6.45) is 1.24. The van der Waals surface area contributed by atoms with E-state index in [4.69, 9.17) is 10.5 Å². The average molecular weight is 517 g/mol. The number of nitrogens with one attached hydrogen (secondary N) is 2. The monoisotopic (exact) mass is 516 g/mol. The summed E-state index contributed by atoms with van der Waals surface area (Å²) in [6.45, 7) is 4.76. The number of nitrogen functional groups attached to an aromatic ring is 1. The molecule has 0 saturated carbocycles. The Morgan fingerprint density at radius 2 is 1.92 bits per heavy atom. The van der Waals surface area contributed by atoms with Gasteiger partial charge in [-0.2, -0.15) is 4.98 Å². The fourth-order valence-corrected chi connectivity index (χ4v) is 4.55. The van der Waals surface area contributed by atoms with Crippen LogP contribution in [0, 0.1) is 0 Å². The summed E-state index contributed by atoms with van der Waals surface area (Å²) in [4.78, 5) is 17.1. The molecule has 1 aliphatic heterocycles. The lowest BCUT2D eigenvalue weighted by atomic mass is 9.89. The second-order valence-electron chi connectivity index (χ2n) is 10.00. The zero-order chi connectivity index (χ0) is 26.9. The molecule has 5 N–H and O–H groups in total. The maximum Gasteiger partial charge on any atom is 0.232 e. The summed E-state index contributed by atoms with van der Waals surface area (Å²) in [6, 6.07) is 4.11. The highest BCUT2D eigenvalue weighted by atomic mass is 19.2. The first-order valence-electron chi connectivity index (χ1n) is 12.1. The van der Waals surface area contributed by atoms with E-state index in [9.17, 15) is 13.9 Å². The molecule has 2 atom stereocenters. The molecule has 0 amide bonds. The lowest BCUT2D eigenvalue weighted by molar-refractivity contribution is 0.120. The van der Waals surface area contributed by atoms with Gasteiger partial charge in [-0.1, -0.05) is 0 Å². The van der Waals surface area contributed by atoms with E-state index in [1.165, 1.54) is 20.2 Å². The van der Waals surface area contributed by atoms with Gasteiger partial charge in [-0.15, -0.1) is 0 Å². The number of likely N-dealkylation sites (N-methyl/N-ethyl adjacent to an activating group) is 1. The van der Waals surface area contributed by atoms with Crippen LogP contribution in [0.2, 0.25) is 0 Å². The number of alkyl halides is 1. The number of methoxy groups -OCH3 is 1. The van der Waals surface area contributed by atoms with E-state index in [-0.39, 0.29) is 29.6 Å². The predicted molar refractivity (Wildman–Crippen MR) is 140 cm³/mol. The van der Waals surface area contributed by atoms with Gasteiger partial charge in [-0.25, -0.2) is 18.7 Å². The Morgan fingerprint density at radius 3 is 2.54 bits per heavy atom. The molecule has 200 valence electrons. The van der Waals surface area contributed by atoms with Gasteiger partial charge in [0, 0.05) is 42.9 Å². The number of nitrogens with zero attached hydrogens (tertiary/aromatic N) is 5. The van der Waals surface area contributed by atoms with Gasteiger partial charge in [0.15, 0.2) is 6.17 Å². The molecule has 2 aromatic rings. The van der Waals surface area contributed by atoms with Crippen molar-refractivity contribution < 1.29 is 18.6 Å². The van der Waals surface area contributed by atoms with Crippen LogP contribution in [0.5, 0.6) is 5.75 Å². The topological polar surface area (TPSA) is 125 Å². The molecule has 2 aliphatic rings. The molecule has 1 fully saturated rings. The van der Waals surface area contributed by atoms with E-state index >= 15 is 0 Å². The van der Waals surface area contributed by atoms with E-state index in [1.807, 2.05) is 6.07 Å².